The van der Waals surface area contributed by atoms with Crippen LogP contribution in [-0.4, -0.2) is 32.2 Å². The Kier molecular flexibility index (Phi) is 5.35. The molecule has 4 heteroatoms. The third-order valence-electron chi connectivity index (χ3n) is 3.07. The Labute approximate surface area is 116 Å². The highest BCUT2D eigenvalue weighted by Crippen LogP contribution is 2.15. The van der Waals surface area contributed by atoms with Crippen LogP contribution in [0.25, 0.3) is 0 Å². The summed E-state index contributed by atoms with van der Waals surface area (Å²) in [5.41, 5.74) is 0.691. The second-order valence-electron chi connectivity index (χ2n) is 4.50. The van der Waals surface area contributed by atoms with Gasteiger partial charge in [0.25, 0.3) is 0 Å². The number of carbonyl (C=O) groups is 1. The Balaban J connectivity index is 1.74. The van der Waals surface area contributed by atoms with Gasteiger partial charge in [0, 0.05) is 23.2 Å². The van der Waals surface area contributed by atoms with E-state index >= 15 is 0 Å². The second kappa shape index (κ2) is 7.02. The standard InChI is InChI=1S/C14H17BrO3/c15-13-3-1-2-12(8-13)14(16)10-18-9-11-4-6-17-7-5-11/h1-3,8,11H,4-7,9-10H2. The summed E-state index contributed by atoms with van der Waals surface area (Å²) in [5, 5.41) is 0. The van der Waals surface area contributed by atoms with Crippen LogP contribution in [-0.2, 0) is 9.47 Å². The quantitative estimate of drug-likeness (QED) is 0.784. The Hall–Kier alpha value is -0.710. The lowest BCUT2D eigenvalue weighted by Crippen LogP contribution is -2.21. The van der Waals surface area contributed by atoms with Gasteiger partial charge in [-0.05, 0) is 30.9 Å². The zero-order valence-electron chi connectivity index (χ0n) is 10.2. The molecule has 1 fully saturated rings. The largest absolute Gasteiger partial charge is 0.381 e. The Morgan fingerprint density at radius 2 is 2.17 bits per heavy atom. The zero-order valence-corrected chi connectivity index (χ0v) is 11.8. The normalized spacial score (nSPS) is 16.7. The van der Waals surface area contributed by atoms with Crippen LogP contribution in [0.4, 0.5) is 0 Å². The predicted octanol–water partition coefficient (Wildman–Crippen LogP) is 3.08. The Bertz CT molecular complexity index is 400. The average molecular weight is 313 g/mol. The highest BCUT2D eigenvalue weighted by atomic mass is 79.9. The van der Waals surface area contributed by atoms with Gasteiger partial charge in [0.2, 0.25) is 0 Å². The van der Waals surface area contributed by atoms with Crippen LogP contribution in [0, 0.1) is 5.92 Å². The number of Topliss-reactive ketones (excluding diaryl/α,β-unsaturated/α-hetero) is 1. The Morgan fingerprint density at radius 3 is 2.89 bits per heavy atom. The lowest BCUT2D eigenvalue weighted by molar-refractivity contribution is 0.0216. The molecule has 0 atom stereocenters. The number of ether oxygens (including phenoxy) is 2. The van der Waals surface area contributed by atoms with Gasteiger partial charge in [-0.3, -0.25) is 4.79 Å². The molecule has 0 aliphatic carbocycles. The number of benzene rings is 1. The van der Waals surface area contributed by atoms with Crippen LogP contribution in [0.3, 0.4) is 0 Å². The Morgan fingerprint density at radius 1 is 1.39 bits per heavy atom. The van der Waals surface area contributed by atoms with Crippen LogP contribution in [0.5, 0.6) is 0 Å². The van der Waals surface area contributed by atoms with E-state index < -0.39 is 0 Å². The van der Waals surface area contributed by atoms with Crippen molar-refractivity contribution in [2.24, 2.45) is 5.92 Å². The predicted molar refractivity (Wildman–Crippen MR) is 72.8 cm³/mol. The summed E-state index contributed by atoms with van der Waals surface area (Å²) in [6.45, 7) is 2.44. The SMILES string of the molecule is O=C(COCC1CCOCC1)c1cccc(Br)c1. The van der Waals surface area contributed by atoms with Crippen LogP contribution in [0.1, 0.15) is 23.2 Å². The van der Waals surface area contributed by atoms with Gasteiger partial charge in [-0.1, -0.05) is 28.1 Å². The molecule has 0 unspecified atom stereocenters. The van der Waals surface area contributed by atoms with Crippen molar-refractivity contribution in [1.29, 1.82) is 0 Å². The molecule has 1 saturated heterocycles. The molecule has 0 radical (unpaired) electrons. The van der Waals surface area contributed by atoms with E-state index in [1.807, 2.05) is 24.3 Å². The van der Waals surface area contributed by atoms with Crippen LogP contribution >= 0.6 is 15.9 Å². The van der Waals surface area contributed by atoms with E-state index in [4.69, 9.17) is 9.47 Å². The van der Waals surface area contributed by atoms with Crippen molar-refractivity contribution >= 4 is 21.7 Å². The van der Waals surface area contributed by atoms with E-state index in [2.05, 4.69) is 15.9 Å². The van der Waals surface area contributed by atoms with E-state index in [9.17, 15) is 4.79 Å². The highest BCUT2D eigenvalue weighted by Gasteiger charge is 2.14. The van der Waals surface area contributed by atoms with Crippen LogP contribution in [0.2, 0.25) is 0 Å². The maximum absolute atomic E-state index is 11.9. The maximum Gasteiger partial charge on any atom is 0.188 e. The minimum Gasteiger partial charge on any atom is -0.381 e. The molecule has 0 spiro atoms. The molecule has 0 bridgehead atoms. The number of hydrogen-bond donors (Lipinski definition) is 0. The first-order chi connectivity index (χ1) is 8.75. The lowest BCUT2D eigenvalue weighted by atomic mass is 10.0. The van der Waals surface area contributed by atoms with Crippen molar-refractivity contribution in [2.45, 2.75) is 12.8 Å². The van der Waals surface area contributed by atoms with Gasteiger partial charge >= 0.3 is 0 Å². The first kappa shape index (κ1) is 13.7. The summed E-state index contributed by atoms with van der Waals surface area (Å²) in [4.78, 5) is 11.9. The molecule has 1 aliphatic heterocycles. The molecule has 1 heterocycles. The van der Waals surface area contributed by atoms with Gasteiger partial charge < -0.3 is 9.47 Å². The number of halogens is 1. The van der Waals surface area contributed by atoms with Gasteiger partial charge in [-0.2, -0.15) is 0 Å². The van der Waals surface area contributed by atoms with Crippen LogP contribution in [0.15, 0.2) is 28.7 Å². The van der Waals surface area contributed by atoms with Gasteiger partial charge in [0.05, 0.1) is 6.61 Å². The molecule has 0 aromatic heterocycles. The van der Waals surface area contributed by atoms with Crippen molar-refractivity contribution in [3.05, 3.63) is 34.3 Å². The molecule has 2 rings (SSSR count). The van der Waals surface area contributed by atoms with Gasteiger partial charge in [-0.25, -0.2) is 0 Å². The molecule has 3 nitrogen and oxygen atoms in total. The fourth-order valence-electron chi connectivity index (χ4n) is 1.98. The molecule has 0 amide bonds. The summed E-state index contributed by atoms with van der Waals surface area (Å²) >= 11 is 3.35. The zero-order chi connectivity index (χ0) is 12.8. The third kappa shape index (κ3) is 4.19. The van der Waals surface area contributed by atoms with E-state index in [0.29, 0.717) is 18.1 Å². The molecule has 98 valence electrons. The van der Waals surface area contributed by atoms with Crippen molar-refractivity contribution in [1.82, 2.24) is 0 Å². The molecule has 1 aromatic rings. The lowest BCUT2D eigenvalue weighted by Gasteiger charge is -2.21. The van der Waals surface area contributed by atoms with Crippen molar-refractivity contribution in [3.63, 3.8) is 0 Å². The molecule has 1 aromatic carbocycles. The van der Waals surface area contributed by atoms with Crippen molar-refractivity contribution < 1.29 is 14.3 Å². The summed E-state index contributed by atoms with van der Waals surface area (Å²) in [5.74, 6) is 0.567. The fraction of sp³-hybridized carbons (Fsp3) is 0.500. The summed E-state index contributed by atoms with van der Waals surface area (Å²) in [7, 11) is 0. The number of rotatable bonds is 5. The highest BCUT2D eigenvalue weighted by molar-refractivity contribution is 9.10. The van der Waals surface area contributed by atoms with Gasteiger partial charge in [-0.15, -0.1) is 0 Å². The van der Waals surface area contributed by atoms with Gasteiger partial charge in [0.1, 0.15) is 6.61 Å². The van der Waals surface area contributed by atoms with Gasteiger partial charge in [0.15, 0.2) is 5.78 Å². The summed E-state index contributed by atoms with van der Waals surface area (Å²) in [6, 6.07) is 7.39. The van der Waals surface area contributed by atoms with E-state index in [1.165, 1.54) is 0 Å². The van der Waals surface area contributed by atoms with Crippen molar-refractivity contribution in [3.8, 4) is 0 Å². The van der Waals surface area contributed by atoms with E-state index in [-0.39, 0.29) is 12.4 Å². The third-order valence-corrected chi connectivity index (χ3v) is 3.57. The molecule has 0 saturated carbocycles. The molecule has 1 aliphatic rings. The van der Waals surface area contributed by atoms with Crippen molar-refractivity contribution in [2.75, 3.05) is 26.4 Å². The number of hydrogen-bond acceptors (Lipinski definition) is 3. The molecule has 0 N–H and O–H groups in total. The van der Waals surface area contributed by atoms with E-state index in [0.717, 1.165) is 30.5 Å². The monoisotopic (exact) mass is 312 g/mol. The summed E-state index contributed by atoms with van der Waals surface area (Å²) in [6.07, 6.45) is 2.07. The minimum absolute atomic E-state index is 0.0309. The maximum atomic E-state index is 11.9. The topological polar surface area (TPSA) is 35.5 Å². The molecule has 18 heavy (non-hydrogen) atoms. The number of carbonyl (C=O) groups excluding carboxylic acids is 1. The minimum atomic E-state index is 0.0309. The fourth-order valence-corrected chi connectivity index (χ4v) is 2.38. The molecular weight excluding hydrogens is 296 g/mol. The first-order valence-corrected chi connectivity index (χ1v) is 6.99. The molecular formula is C14H17BrO3. The van der Waals surface area contributed by atoms with E-state index in [1.54, 1.807) is 0 Å². The smallest absolute Gasteiger partial charge is 0.188 e. The average Bonchev–Trinajstić information content (AvgIpc) is 2.40. The van der Waals surface area contributed by atoms with Crippen LogP contribution < -0.4 is 0 Å². The summed E-state index contributed by atoms with van der Waals surface area (Å²) < 4.78 is 11.7. The number of ketones is 1. The first-order valence-electron chi connectivity index (χ1n) is 6.20. The second-order valence-corrected chi connectivity index (χ2v) is 5.42.